The standard InChI is InChI=1S/C22H20FN7S/c1-14-11-16(15(2)30(14)28-12-25-26-13-28)21-20(18-8-5-6-10-24-18)27-22(31)29(21)19-9-4-3-7-17(19)23/h3-13,20-21H,1-2H3,(H,27,31)/t20-,21+/m0/s1. The molecule has 1 fully saturated rings. The Balaban J connectivity index is 1.70. The fourth-order valence-corrected chi connectivity index (χ4v) is 4.65. The summed E-state index contributed by atoms with van der Waals surface area (Å²) in [5, 5.41) is 11.7. The van der Waals surface area contributed by atoms with Crippen LogP contribution in [-0.2, 0) is 0 Å². The van der Waals surface area contributed by atoms with Gasteiger partial charge in [-0.2, -0.15) is 0 Å². The lowest BCUT2D eigenvalue weighted by Crippen LogP contribution is -2.30. The van der Waals surface area contributed by atoms with Crippen molar-refractivity contribution in [1.82, 2.24) is 29.9 Å². The van der Waals surface area contributed by atoms with Gasteiger partial charge in [0.25, 0.3) is 0 Å². The molecule has 3 aromatic heterocycles. The molecule has 0 spiro atoms. The van der Waals surface area contributed by atoms with Crippen LogP contribution in [0.1, 0.15) is 34.7 Å². The summed E-state index contributed by atoms with van der Waals surface area (Å²) in [4.78, 5) is 6.41. The first-order valence-corrected chi connectivity index (χ1v) is 10.3. The summed E-state index contributed by atoms with van der Waals surface area (Å²) < 4.78 is 18.7. The van der Waals surface area contributed by atoms with Crippen LogP contribution in [0.25, 0.3) is 0 Å². The van der Waals surface area contributed by atoms with Crippen molar-refractivity contribution in [2.45, 2.75) is 25.9 Å². The van der Waals surface area contributed by atoms with Gasteiger partial charge in [-0.05, 0) is 56.4 Å². The zero-order valence-corrected chi connectivity index (χ0v) is 17.8. The Kier molecular flexibility index (Phi) is 4.74. The summed E-state index contributed by atoms with van der Waals surface area (Å²) in [5.41, 5.74) is 4.26. The SMILES string of the molecule is Cc1cc([C@@H]2[C@H](c3ccccn3)NC(=S)N2c2ccccc2F)c(C)n1-n1cnnc1. The number of nitrogens with one attached hydrogen (secondary N) is 1. The van der Waals surface area contributed by atoms with Gasteiger partial charge in [0, 0.05) is 23.1 Å². The lowest BCUT2D eigenvalue weighted by atomic mass is 9.96. The van der Waals surface area contributed by atoms with E-state index in [9.17, 15) is 4.39 Å². The van der Waals surface area contributed by atoms with Crippen LogP contribution in [0.3, 0.4) is 0 Å². The molecule has 156 valence electrons. The Morgan fingerprint density at radius 1 is 1.03 bits per heavy atom. The van der Waals surface area contributed by atoms with Gasteiger partial charge in [-0.1, -0.05) is 18.2 Å². The summed E-state index contributed by atoms with van der Waals surface area (Å²) in [6, 6.07) is 14.0. The number of benzene rings is 1. The van der Waals surface area contributed by atoms with Gasteiger partial charge in [0.1, 0.15) is 18.5 Å². The molecule has 1 aromatic carbocycles. The van der Waals surface area contributed by atoms with E-state index in [0.29, 0.717) is 10.8 Å². The second-order valence-corrected chi connectivity index (χ2v) is 7.81. The van der Waals surface area contributed by atoms with Crippen LogP contribution in [0.4, 0.5) is 10.1 Å². The maximum atomic E-state index is 14.9. The van der Waals surface area contributed by atoms with Gasteiger partial charge in [-0.25, -0.2) is 9.07 Å². The van der Waals surface area contributed by atoms with Crippen LogP contribution in [0.5, 0.6) is 0 Å². The highest BCUT2D eigenvalue weighted by Gasteiger charge is 2.43. The normalized spacial score (nSPS) is 18.4. The largest absolute Gasteiger partial charge is 0.351 e. The fraction of sp³-hybridized carbons (Fsp3) is 0.182. The molecule has 7 nitrogen and oxygen atoms in total. The third kappa shape index (κ3) is 3.17. The molecule has 5 rings (SSSR count). The van der Waals surface area contributed by atoms with E-state index in [4.69, 9.17) is 12.2 Å². The Labute approximate surface area is 184 Å². The van der Waals surface area contributed by atoms with Gasteiger partial charge in [-0.3, -0.25) is 9.66 Å². The molecule has 1 N–H and O–H groups in total. The number of halogens is 1. The predicted octanol–water partition coefficient (Wildman–Crippen LogP) is 3.72. The van der Waals surface area contributed by atoms with Crippen molar-refractivity contribution in [3.05, 3.63) is 95.8 Å². The van der Waals surface area contributed by atoms with Gasteiger partial charge in [-0.15, -0.1) is 10.2 Å². The quantitative estimate of drug-likeness (QED) is 0.495. The smallest absolute Gasteiger partial charge is 0.174 e. The van der Waals surface area contributed by atoms with E-state index in [2.05, 4.69) is 26.6 Å². The Bertz CT molecular complexity index is 1240. The number of aromatic nitrogens is 5. The fourth-order valence-electron chi connectivity index (χ4n) is 4.31. The van der Waals surface area contributed by atoms with Crippen LogP contribution >= 0.6 is 12.2 Å². The summed E-state index contributed by atoms with van der Waals surface area (Å²) in [7, 11) is 0. The number of pyridine rings is 1. The second kappa shape index (κ2) is 7.59. The lowest BCUT2D eigenvalue weighted by Gasteiger charge is -2.28. The van der Waals surface area contributed by atoms with E-state index in [1.807, 2.05) is 52.4 Å². The number of hydrogen-bond donors (Lipinski definition) is 1. The average molecular weight is 434 g/mol. The lowest BCUT2D eigenvalue weighted by molar-refractivity contribution is 0.550. The van der Waals surface area contributed by atoms with Crippen molar-refractivity contribution < 1.29 is 4.39 Å². The molecular weight excluding hydrogens is 413 g/mol. The molecule has 0 saturated carbocycles. The van der Waals surface area contributed by atoms with Crippen molar-refractivity contribution >= 4 is 23.0 Å². The molecule has 9 heteroatoms. The predicted molar refractivity (Wildman–Crippen MR) is 119 cm³/mol. The molecule has 0 radical (unpaired) electrons. The molecule has 1 aliphatic heterocycles. The molecule has 0 bridgehead atoms. The van der Waals surface area contributed by atoms with Gasteiger partial charge in [0.2, 0.25) is 0 Å². The van der Waals surface area contributed by atoms with Gasteiger partial charge < -0.3 is 10.2 Å². The monoisotopic (exact) mass is 433 g/mol. The van der Waals surface area contributed by atoms with Crippen molar-refractivity contribution in [1.29, 1.82) is 0 Å². The first-order valence-electron chi connectivity index (χ1n) is 9.85. The zero-order chi connectivity index (χ0) is 21.5. The van der Waals surface area contributed by atoms with E-state index >= 15 is 0 Å². The van der Waals surface area contributed by atoms with Crippen LogP contribution in [-0.4, -0.2) is 29.6 Å². The minimum atomic E-state index is -0.328. The van der Waals surface area contributed by atoms with Crippen LogP contribution in [0, 0.1) is 19.7 Å². The molecule has 4 heterocycles. The second-order valence-electron chi connectivity index (χ2n) is 7.43. The molecule has 2 atom stereocenters. The highest BCUT2D eigenvalue weighted by molar-refractivity contribution is 7.80. The first kappa shape index (κ1) is 19.4. The van der Waals surface area contributed by atoms with Gasteiger partial charge in [0.05, 0.1) is 23.5 Å². The van der Waals surface area contributed by atoms with E-state index in [1.54, 1.807) is 31.0 Å². The summed E-state index contributed by atoms with van der Waals surface area (Å²) in [6.45, 7) is 4.04. The topological polar surface area (TPSA) is 63.8 Å². The number of rotatable bonds is 4. The third-order valence-corrected chi connectivity index (χ3v) is 5.91. The Morgan fingerprint density at radius 2 is 1.77 bits per heavy atom. The van der Waals surface area contributed by atoms with Gasteiger partial charge in [0.15, 0.2) is 5.11 Å². The summed E-state index contributed by atoms with van der Waals surface area (Å²) in [6.07, 6.45) is 5.04. The molecule has 0 amide bonds. The van der Waals surface area contributed by atoms with E-state index in [-0.39, 0.29) is 17.9 Å². The van der Waals surface area contributed by atoms with Crippen molar-refractivity contribution in [2.24, 2.45) is 0 Å². The highest BCUT2D eigenvalue weighted by atomic mass is 32.1. The highest BCUT2D eigenvalue weighted by Crippen LogP contribution is 2.43. The first-order chi connectivity index (χ1) is 15.1. The molecule has 0 aliphatic carbocycles. The summed E-state index contributed by atoms with van der Waals surface area (Å²) >= 11 is 5.69. The number of para-hydroxylation sites is 1. The van der Waals surface area contributed by atoms with Crippen molar-refractivity contribution in [2.75, 3.05) is 4.90 Å². The molecule has 1 aliphatic rings. The van der Waals surface area contributed by atoms with Gasteiger partial charge >= 0.3 is 0 Å². The van der Waals surface area contributed by atoms with E-state index in [0.717, 1.165) is 22.6 Å². The van der Waals surface area contributed by atoms with Crippen LogP contribution in [0.15, 0.2) is 67.4 Å². The molecule has 1 saturated heterocycles. The third-order valence-electron chi connectivity index (χ3n) is 5.60. The minimum Gasteiger partial charge on any atom is -0.351 e. The average Bonchev–Trinajstić information content (AvgIpc) is 3.47. The number of thiocarbonyl (C=S) groups is 1. The molecular formula is C22H20FN7S. The minimum absolute atomic E-state index is 0.247. The molecule has 0 unspecified atom stereocenters. The van der Waals surface area contributed by atoms with Crippen LogP contribution < -0.4 is 10.2 Å². The van der Waals surface area contributed by atoms with E-state index in [1.165, 1.54) is 6.07 Å². The zero-order valence-electron chi connectivity index (χ0n) is 17.0. The maximum absolute atomic E-state index is 14.9. The Hall–Kier alpha value is -3.59. The van der Waals surface area contributed by atoms with Crippen molar-refractivity contribution in [3.63, 3.8) is 0 Å². The maximum Gasteiger partial charge on any atom is 0.174 e. The Morgan fingerprint density at radius 3 is 2.48 bits per heavy atom. The number of hydrogen-bond acceptors (Lipinski definition) is 4. The van der Waals surface area contributed by atoms with Crippen LogP contribution in [0.2, 0.25) is 0 Å². The summed E-state index contributed by atoms with van der Waals surface area (Å²) in [5.74, 6) is -0.328. The number of aryl methyl sites for hydroxylation is 1. The number of nitrogens with zero attached hydrogens (tertiary/aromatic N) is 6. The van der Waals surface area contributed by atoms with Crippen molar-refractivity contribution in [3.8, 4) is 0 Å². The molecule has 31 heavy (non-hydrogen) atoms. The number of anilines is 1. The van der Waals surface area contributed by atoms with E-state index < -0.39 is 0 Å². The molecule has 4 aromatic rings.